The van der Waals surface area contributed by atoms with Crippen molar-refractivity contribution in [2.45, 2.75) is 4.90 Å². The Hall–Kier alpha value is -1.60. The summed E-state index contributed by atoms with van der Waals surface area (Å²) in [6.45, 7) is 1.15. The van der Waals surface area contributed by atoms with Crippen molar-refractivity contribution in [1.29, 1.82) is 0 Å². The van der Waals surface area contributed by atoms with E-state index < -0.39 is 10.0 Å². The maximum Gasteiger partial charge on any atom is 0.323 e. The molecule has 7 heteroatoms. The molecular formula is C9H9N3O3S. The second kappa shape index (κ2) is 2.96. The average molecular weight is 239 g/mol. The van der Waals surface area contributed by atoms with Crippen LogP contribution >= 0.6 is 0 Å². The zero-order valence-corrected chi connectivity index (χ0v) is 9.04. The highest BCUT2D eigenvalue weighted by molar-refractivity contribution is 7.89. The second-order valence-corrected chi connectivity index (χ2v) is 5.63. The highest BCUT2D eigenvalue weighted by Gasteiger charge is 2.33. The number of benzene rings is 1. The molecule has 16 heavy (non-hydrogen) atoms. The number of nitrogens with one attached hydrogen (secondary N) is 2. The van der Waals surface area contributed by atoms with Gasteiger partial charge in [0.1, 0.15) is 0 Å². The molecule has 0 bridgehead atoms. The first-order valence-corrected chi connectivity index (χ1v) is 6.23. The molecule has 1 aliphatic rings. The minimum absolute atomic E-state index is 0.216. The molecule has 1 aromatic carbocycles. The Kier molecular flexibility index (Phi) is 1.78. The molecule has 2 heterocycles. The first-order valence-electron chi connectivity index (χ1n) is 4.79. The molecule has 1 aliphatic heterocycles. The van der Waals surface area contributed by atoms with Crippen molar-refractivity contribution >= 4 is 21.1 Å². The van der Waals surface area contributed by atoms with E-state index in [0.717, 1.165) is 0 Å². The lowest BCUT2D eigenvalue weighted by Crippen LogP contribution is -2.11. The van der Waals surface area contributed by atoms with E-state index >= 15 is 0 Å². The van der Waals surface area contributed by atoms with Gasteiger partial charge in [-0.15, -0.1) is 0 Å². The first kappa shape index (κ1) is 9.61. The monoisotopic (exact) mass is 239 g/mol. The summed E-state index contributed by atoms with van der Waals surface area (Å²) in [5.74, 6) is 0. The van der Waals surface area contributed by atoms with Gasteiger partial charge in [-0.2, -0.15) is 4.31 Å². The molecule has 3 rings (SSSR count). The standard InChI is InChI=1S/C9H9N3O3S/c13-9-10-7-2-1-6(5-8(7)11-9)16(14,15)12-3-4-12/h1-2,5H,3-4H2,(H2,10,11,13). The van der Waals surface area contributed by atoms with Crippen LogP contribution in [0, 0.1) is 0 Å². The van der Waals surface area contributed by atoms with Gasteiger partial charge in [0.15, 0.2) is 0 Å². The van der Waals surface area contributed by atoms with Crippen LogP contribution in [0.2, 0.25) is 0 Å². The number of aromatic amines is 2. The molecule has 6 nitrogen and oxygen atoms in total. The minimum atomic E-state index is -3.35. The molecule has 1 aromatic heterocycles. The number of fused-ring (bicyclic) bond motifs is 1. The van der Waals surface area contributed by atoms with Crippen LogP contribution in [0.25, 0.3) is 11.0 Å². The van der Waals surface area contributed by atoms with Gasteiger partial charge < -0.3 is 9.97 Å². The summed E-state index contributed by atoms with van der Waals surface area (Å²) < 4.78 is 25.1. The van der Waals surface area contributed by atoms with Crippen LogP contribution in [0.15, 0.2) is 27.9 Å². The van der Waals surface area contributed by atoms with E-state index in [4.69, 9.17) is 0 Å². The molecule has 2 N–H and O–H groups in total. The predicted molar refractivity (Wildman–Crippen MR) is 57.7 cm³/mol. The zero-order valence-electron chi connectivity index (χ0n) is 8.23. The van der Waals surface area contributed by atoms with Crippen LogP contribution in [0.1, 0.15) is 0 Å². The van der Waals surface area contributed by atoms with Crippen LogP contribution in [-0.4, -0.2) is 35.8 Å². The molecule has 0 aliphatic carbocycles. The second-order valence-electron chi connectivity index (χ2n) is 3.69. The van der Waals surface area contributed by atoms with E-state index in [0.29, 0.717) is 24.1 Å². The molecule has 84 valence electrons. The fraction of sp³-hybridized carbons (Fsp3) is 0.222. The first-order chi connectivity index (χ1) is 7.57. The van der Waals surface area contributed by atoms with Gasteiger partial charge in [0.05, 0.1) is 15.9 Å². The topological polar surface area (TPSA) is 85.8 Å². The minimum Gasteiger partial charge on any atom is -0.306 e. The molecule has 0 amide bonds. The number of rotatable bonds is 2. The Morgan fingerprint density at radius 3 is 2.50 bits per heavy atom. The summed E-state index contributed by atoms with van der Waals surface area (Å²) in [6, 6.07) is 4.56. The quantitative estimate of drug-likeness (QED) is 0.715. The van der Waals surface area contributed by atoms with E-state index in [2.05, 4.69) is 9.97 Å². The van der Waals surface area contributed by atoms with E-state index in [1.165, 1.54) is 16.4 Å². The van der Waals surface area contributed by atoms with Gasteiger partial charge in [-0.05, 0) is 18.2 Å². The summed E-state index contributed by atoms with van der Waals surface area (Å²) in [5.41, 5.74) is 0.777. The van der Waals surface area contributed by atoms with Gasteiger partial charge in [0.25, 0.3) is 0 Å². The van der Waals surface area contributed by atoms with Crippen LogP contribution < -0.4 is 5.69 Å². The smallest absolute Gasteiger partial charge is 0.306 e. The number of hydrogen-bond donors (Lipinski definition) is 2. The van der Waals surface area contributed by atoms with Crippen LogP contribution in [-0.2, 0) is 10.0 Å². The number of aromatic nitrogens is 2. The maximum absolute atomic E-state index is 11.9. The van der Waals surface area contributed by atoms with Crippen molar-refractivity contribution in [3.8, 4) is 0 Å². The molecule has 2 aromatic rings. The lowest BCUT2D eigenvalue weighted by atomic mass is 10.3. The van der Waals surface area contributed by atoms with Crippen LogP contribution in [0.5, 0.6) is 0 Å². The Morgan fingerprint density at radius 2 is 1.81 bits per heavy atom. The fourth-order valence-corrected chi connectivity index (χ4v) is 2.97. The molecule has 1 fully saturated rings. The summed E-state index contributed by atoms with van der Waals surface area (Å²) in [4.78, 5) is 16.3. The van der Waals surface area contributed by atoms with Crippen molar-refractivity contribution in [2.24, 2.45) is 0 Å². The summed E-state index contributed by atoms with van der Waals surface area (Å²) in [7, 11) is -3.35. The Balaban J connectivity index is 2.21. The molecule has 0 atom stereocenters. The largest absolute Gasteiger partial charge is 0.323 e. The lowest BCUT2D eigenvalue weighted by molar-refractivity contribution is 0.563. The highest BCUT2D eigenvalue weighted by atomic mass is 32.2. The Labute approximate surface area is 90.9 Å². The zero-order chi connectivity index (χ0) is 11.3. The number of sulfonamides is 1. The van der Waals surface area contributed by atoms with Gasteiger partial charge in [0.2, 0.25) is 10.0 Å². The van der Waals surface area contributed by atoms with Gasteiger partial charge in [-0.25, -0.2) is 13.2 Å². The van der Waals surface area contributed by atoms with E-state index in [9.17, 15) is 13.2 Å². The van der Waals surface area contributed by atoms with Gasteiger partial charge >= 0.3 is 5.69 Å². The normalized spacial score (nSPS) is 16.8. The number of imidazole rings is 1. The van der Waals surface area contributed by atoms with Crippen molar-refractivity contribution in [3.05, 3.63) is 28.7 Å². The van der Waals surface area contributed by atoms with E-state index in [-0.39, 0.29) is 10.6 Å². The van der Waals surface area contributed by atoms with Crippen LogP contribution in [0.4, 0.5) is 0 Å². The number of H-pyrrole nitrogens is 2. The molecule has 0 saturated carbocycles. The van der Waals surface area contributed by atoms with E-state index in [1.54, 1.807) is 6.07 Å². The highest BCUT2D eigenvalue weighted by Crippen LogP contribution is 2.23. The Morgan fingerprint density at radius 1 is 1.12 bits per heavy atom. The summed E-state index contributed by atoms with van der Waals surface area (Å²) >= 11 is 0. The fourth-order valence-electron chi connectivity index (χ4n) is 1.60. The molecular weight excluding hydrogens is 230 g/mol. The summed E-state index contributed by atoms with van der Waals surface area (Å²) in [5, 5.41) is 0. The molecule has 0 radical (unpaired) electrons. The van der Waals surface area contributed by atoms with Gasteiger partial charge in [-0.3, -0.25) is 0 Å². The number of hydrogen-bond acceptors (Lipinski definition) is 3. The maximum atomic E-state index is 11.9. The average Bonchev–Trinajstić information content (AvgIpc) is 3.00. The van der Waals surface area contributed by atoms with Gasteiger partial charge in [0, 0.05) is 13.1 Å². The van der Waals surface area contributed by atoms with Crippen molar-refractivity contribution < 1.29 is 8.42 Å². The molecule has 1 saturated heterocycles. The SMILES string of the molecule is O=c1[nH]c2ccc(S(=O)(=O)N3CC3)cc2[nH]1. The lowest BCUT2D eigenvalue weighted by Gasteiger charge is -2.03. The summed E-state index contributed by atoms with van der Waals surface area (Å²) in [6.07, 6.45) is 0. The molecule has 0 unspecified atom stereocenters. The Bertz CT molecular complexity index is 709. The van der Waals surface area contributed by atoms with Crippen LogP contribution in [0.3, 0.4) is 0 Å². The predicted octanol–water partition coefficient (Wildman–Crippen LogP) is -0.140. The van der Waals surface area contributed by atoms with Gasteiger partial charge in [-0.1, -0.05) is 0 Å². The number of nitrogens with zero attached hydrogens (tertiary/aromatic N) is 1. The third kappa shape index (κ3) is 1.36. The third-order valence-electron chi connectivity index (χ3n) is 2.53. The third-order valence-corrected chi connectivity index (χ3v) is 4.43. The van der Waals surface area contributed by atoms with Crippen molar-refractivity contribution in [1.82, 2.24) is 14.3 Å². The van der Waals surface area contributed by atoms with Crippen molar-refractivity contribution in [3.63, 3.8) is 0 Å². The van der Waals surface area contributed by atoms with E-state index in [1.807, 2.05) is 0 Å². The molecule has 0 spiro atoms. The van der Waals surface area contributed by atoms with Crippen molar-refractivity contribution in [2.75, 3.05) is 13.1 Å².